The van der Waals surface area contributed by atoms with Crippen molar-refractivity contribution >= 4 is 11.6 Å². The molecule has 0 fully saturated rings. The number of carbonyl (C=O) groups is 2. The Morgan fingerprint density at radius 2 is 2.12 bits per heavy atom. The van der Waals surface area contributed by atoms with E-state index in [-0.39, 0.29) is 28.9 Å². The summed E-state index contributed by atoms with van der Waals surface area (Å²) in [5, 5.41) is 20.3. The van der Waals surface area contributed by atoms with Gasteiger partial charge in [-0.3, -0.25) is 9.59 Å². The number of aliphatic hydroxyl groups is 1. The molecule has 2 rings (SSSR count). The van der Waals surface area contributed by atoms with Gasteiger partial charge in [-0.15, -0.1) is 0 Å². The van der Waals surface area contributed by atoms with Crippen molar-refractivity contribution in [3.8, 4) is 6.07 Å². The number of nitrogens with zero attached hydrogens (tertiary/aromatic N) is 1. The summed E-state index contributed by atoms with van der Waals surface area (Å²) in [5.74, 6) is -0.406. The molecule has 0 aromatic carbocycles. The fraction of sp³-hybridized carbons (Fsp3) is 0.381. The van der Waals surface area contributed by atoms with Crippen molar-refractivity contribution in [1.82, 2.24) is 0 Å². The van der Waals surface area contributed by atoms with Gasteiger partial charge >= 0.3 is 0 Å². The Hall–Kier alpha value is -2.71. The van der Waals surface area contributed by atoms with Crippen LogP contribution in [0.3, 0.4) is 0 Å². The van der Waals surface area contributed by atoms with E-state index < -0.39 is 11.4 Å². The fourth-order valence-electron chi connectivity index (χ4n) is 2.95. The molecule has 0 radical (unpaired) electrons. The molecule has 0 aromatic heterocycles. The van der Waals surface area contributed by atoms with Crippen LogP contribution in [0, 0.1) is 11.3 Å². The van der Waals surface area contributed by atoms with E-state index in [2.05, 4.69) is 0 Å². The van der Waals surface area contributed by atoms with Crippen molar-refractivity contribution < 1.29 is 19.4 Å². The molecule has 1 heterocycles. The Morgan fingerprint density at radius 1 is 1.38 bits per heavy atom. The van der Waals surface area contributed by atoms with Crippen molar-refractivity contribution in [2.75, 3.05) is 0 Å². The molecule has 1 N–H and O–H groups in total. The number of allylic oxidation sites excluding steroid dienone is 5. The molecule has 5 nitrogen and oxygen atoms in total. The molecule has 2 aliphatic rings. The Kier molecular flexibility index (Phi) is 6.12. The molecule has 1 unspecified atom stereocenters. The molecular weight excluding hydrogens is 330 g/mol. The summed E-state index contributed by atoms with van der Waals surface area (Å²) in [4.78, 5) is 25.2. The molecule has 0 spiro atoms. The van der Waals surface area contributed by atoms with Gasteiger partial charge in [0.2, 0.25) is 5.78 Å². The van der Waals surface area contributed by atoms with E-state index in [1.165, 1.54) is 19.3 Å². The van der Waals surface area contributed by atoms with Gasteiger partial charge in [0, 0.05) is 12.0 Å². The number of rotatable bonds is 6. The van der Waals surface area contributed by atoms with Crippen molar-refractivity contribution in [2.45, 2.75) is 52.1 Å². The Labute approximate surface area is 153 Å². The van der Waals surface area contributed by atoms with Gasteiger partial charge in [0.05, 0.1) is 5.57 Å². The average Bonchev–Trinajstić information content (AvgIpc) is 2.60. The minimum atomic E-state index is -1.95. The van der Waals surface area contributed by atoms with Crippen LogP contribution in [0.25, 0.3) is 0 Å². The van der Waals surface area contributed by atoms with E-state index in [1.54, 1.807) is 18.2 Å². The van der Waals surface area contributed by atoms with E-state index in [1.807, 2.05) is 19.9 Å². The highest BCUT2D eigenvalue weighted by atomic mass is 16.5. The van der Waals surface area contributed by atoms with Crippen molar-refractivity contribution in [1.29, 1.82) is 5.26 Å². The maximum atomic E-state index is 12.7. The standard InChI is InChI=1S/C21H23NO4/c1-4-6-7-9-19(23)16(12-22)18-11-14-10-15(8-5-2)26-13-17(14)20(24)21(18,3)25/h5,8,10-11,13,25H,4,6-7,9H2,1-3H3. The van der Waals surface area contributed by atoms with Gasteiger partial charge < -0.3 is 9.84 Å². The van der Waals surface area contributed by atoms with Gasteiger partial charge in [0.1, 0.15) is 23.7 Å². The molecule has 0 bridgehead atoms. The van der Waals surface area contributed by atoms with Gasteiger partial charge in [-0.2, -0.15) is 5.26 Å². The molecule has 1 atom stereocenters. The van der Waals surface area contributed by atoms with E-state index >= 15 is 0 Å². The molecule has 0 saturated carbocycles. The van der Waals surface area contributed by atoms with Crippen molar-refractivity contribution in [3.63, 3.8) is 0 Å². The highest BCUT2D eigenvalue weighted by molar-refractivity contribution is 6.12. The zero-order valence-electron chi connectivity index (χ0n) is 15.3. The molecule has 0 saturated heterocycles. The summed E-state index contributed by atoms with van der Waals surface area (Å²) in [5.41, 5.74) is -1.31. The van der Waals surface area contributed by atoms with Crippen LogP contribution in [0.2, 0.25) is 0 Å². The molecule has 26 heavy (non-hydrogen) atoms. The Bertz CT molecular complexity index is 813. The largest absolute Gasteiger partial charge is 0.464 e. The quantitative estimate of drug-likeness (QED) is 0.448. The highest BCUT2D eigenvalue weighted by Gasteiger charge is 2.43. The second-order valence-corrected chi connectivity index (χ2v) is 6.48. The van der Waals surface area contributed by atoms with Gasteiger partial charge in [0.15, 0.2) is 11.4 Å². The lowest BCUT2D eigenvalue weighted by Crippen LogP contribution is -2.42. The number of ketones is 2. The van der Waals surface area contributed by atoms with Gasteiger partial charge in [-0.05, 0) is 44.1 Å². The maximum Gasteiger partial charge on any atom is 0.202 e. The number of hydrogen-bond donors (Lipinski definition) is 1. The second-order valence-electron chi connectivity index (χ2n) is 6.48. The second kappa shape index (κ2) is 8.11. The summed E-state index contributed by atoms with van der Waals surface area (Å²) in [6, 6.07) is 1.89. The number of ether oxygens (including phenoxy) is 1. The van der Waals surface area contributed by atoms with Crippen LogP contribution in [-0.4, -0.2) is 22.3 Å². The van der Waals surface area contributed by atoms with Crippen LogP contribution in [0.15, 0.2) is 58.6 Å². The first-order valence-electron chi connectivity index (χ1n) is 8.75. The first kappa shape index (κ1) is 19.6. The average molecular weight is 353 g/mol. The van der Waals surface area contributed by atoms with Crippen LogP contribution in [0.4, 0.5) is 0 Å². The molecule has 1 aliphatic heterocycles. The first-order chi connectivity index (χ1) is 12.4. The highest BCUT2D eigenvalue weighted by Crippen LogP contribution is 2.37. The molecule has 0 aromatic rings. The molecule has 136 valence electrons. The van der Waals surface area contributed by atoms with Crippen LogP contribution in [0.5, 0.6) is 0 Å². The SMILES string of the molecule is CC=CC1=CC2=CC(=C(C#N)C(=O)CCCCC)C(C)(O)C(=O)C2=CO1. The Morgan fingerprint density at radius 3 is 2.73 bits per heavy atom. The topological polar surface area (TPSA) is 87.4 Å². The van der Waals surface area contributed by atoms with Gasteiger partial charge in [0.25, 0.3) is 0 Å². The third-order valence-electron chi connectivity index (χ3n) is 4.43. The number of nitriles is 1. The zero-order valence-corrected chi connectivity index (χ0v) is 15.3. The molecular formula is C21H23NO4. The van der Waals surface area contributed by atoms with E-state index in [4.69, 9.17) is 4.74 Å². The van der Waals surface area contributed by atoms with Crippen LogP contribution >= 0.6 is 0 Å². The first-order valence-corrected chi connectivity index (χ1v) is 8.75. The summed E-state index contributed by atoms with van der Waals surface area (Å²) in [6.45, 7) is 5.17. The minimum Gasteiger partial charge on any atom is -0.464 e. The third kappa shape index (κ3) is 3.76. The molecule has 1 aliphatic carbocycles. The zero-order chi connectivity index (χ0) is 19.3. The van der Waals surface area contributed by atoms with Crippen LogP contribution < -0.4 is 0 Å². The molecule has 0 amide bonds. The van der Waals surface area contributed by atoms with E-state index in [0.29, 0.717) is 17.8 Å². The summed E-state index contributed by atoms with van der Waals surface area (Å²) < 4.78 is 5.38. The van der Waals surface area contributed by atoms with Gasteiger partial charge in [-0.25, -0.2) is 0 Å². The number of unbranched alkanes of at least 4 members (excludes halogenated alkanes) is 2. The normalized spacial score (nSPS) is 24.1. The van der Waals surface area contributed by atoms with Crippen LogP contribution in [-0.2, 0) is 14.3 Å². The molecule has 5 heteroatoms. The maximum absolute atomic E-state index is 12.7. The monoisotopic (exact) mass is 353 g/mol. The Balaban J connectivity index is 2.54. The summed E-state index contributed by atoms with van der Waals surface area (Å²) in [7, 11) is 0. The third-order valence-corrected chi connectivity index (χ3v) is 4.43. The number of carbonyl (C=O) groups excluding carboxylic acids is 2. The smallest absolute Gasteiger partial charge is 0.202 e. The summed E-state index contributed by atoms with van der Waals surface area (Å²) in [6.07, 6.45) is 10.7. The van der Waals surface area contributed by atoms with E-state index in [0.717, 1.165) is 12.8 Å². The predicted molar refractivity (Wildman–Crippen MR) is 97.6 cm³/mol. The minimum absolute atomic E-state index is 0.0524. The predicted octanol–water partition coefficient (Wildman–Crippen LogP) is 3.59. The fourth-order valence-corrected chi connectivity index (χ4v) is 2.95. The number of Topliss-reactive ketones (excluding diaryl/α,β-unsaturated/α-hetero) is 2. The lowest BCUT2D eigenvalue weighted by atomic mass is 9.75. The van der Waals surface area contributed by atoms with Gasteiger partial charge in [-0.1, -0.05) is 25.8 Å². The van der Waals surface area contributed by atoms with Crippen molar-refractivity contribution in [3.05, 3.63) is 58.6 Å². The van der Waals surface area contributed by atoms with Crippen molar-refractivity contribution in [2.24, 2.45) is 0 Å². The lowest BCUT2D eigenvalue weighted by Gasteiger charge is -2.31. The number of hydrogen-bond acceptors (Lipinski definition) is 5. The van der Waals surface area contributed by atoms with E-state index in [9.17, 15) is 20.0 Å². The number of fused-ring (bicyclic) bond motifs is 1. The lowest BCUT2D eigenvalue weighted by molar-refractivity contribution is -0.128. The summed E-state index contributed by atoms with van der Waals surface area (Å²) >= 11 is 0. The van der Waals surface area contributed by atoms with Crippen LogP contribution in [0.1, 0.15) is 46.5 Å².